The molecule has 3 N–H and O–H groups in total. The van der Waals surface area contributed by atoms with E-state index >= 15 is 0 Å². The van der Waals surface area contributed by atoms with Gasteiger partial charge in [-0.05, 0) is 18.9 Å². The van der Waals surface area contributed by atoms with E-state index in [0.717, 1.165) is 13.0 Å². The summed E-state index contributed by atoms with van der Waals surface area (Å²) in [5.41, 5.74) is 0. The molecule has 0 spiro atoms. The van der Waals surface area contributed by atoms with Gasteiger partial charge < -0.3 is 25.0 Å². The number of aliphatic hydroxyl groups excluding tert-OH is 2. The second-order valence-electron chi connectivity index (χ2n) is 4.00. The predicted molar refractivity (Wildman–Crippen MR) is 62.4 cm³/mol. The van der Waals surface area contributed by atoms with Crippen LogP contribution in [-0.2, 0) is 9.47 Å². The van der Waals surface area contributed by atoms with Crippen LogP contribution in [0.25, 0.3) is 0 Å². The van der Waals surface area contributed by atoms with Crippen LogP contribution >= 0.6 is 0 Å². The van der Waals surface area contributed by atoms with Crippen molar-refractivity contribution in [2.45, 2.75) is 19.4 Å². The molecule has 0 aliphatic rings. The van der Waals surface area contributed by atoms with E-state index in [1.165, 1.54) is 0 Å². The zero-order valence-corrected chi connectivity index (χ0v) is 10.3. The molecule has 0 bridgehead atoms. The van der Waals surface area contributed by atoms with Gasteiger partial charge in [0.1, 0.15) is 0 Å². The Balaban J connectivity index is 3.26. The van der Waals surface area contributed by atoms with Gasteiger partial charge >= 0.3 is 0 Å². The van der Waals surface area contributed by atoms with Gasteiger partial charge in [-0.1, -0.05) is 6.92 Å². The average molecular weight is 235 g/mol. The smallest absolute Gasteiger partial charge is 0.0897 e. The number of ether oxygens (including phenoxy) is 2. The van der Waals surface area contributed by atoms with E-state index in [1.807, 2.05) is 0 Å². The molecule has 2 unspecified atom stereocenters. The number of nitrogens with one attached hydrogen (secondary N) is 1. The first kappa shape index (κ1) is 15.8. The molecule has 0 amide bonds. The van der Waals surface area contributed by atoms with Crippen LogP contribution in [-0.4, -0.2) is 62.9 Å². The first-order valence-electron chi connectivity index (χ1n) is 5.77. The molecule has 2 atom stereocenters. The lowest BCUT2D eigenvalue weighted by molar-refractivity contribution is 0.0135. The Hall–Kier alpha value is -0.200. The van der Waals surface area contributed by atoms with Crippen LogP contribution in [0.15, 0.2) is 0 Å². The third kappa shape index (κ3) is 10.3. The monoisotopic (exact) mass is 235 g/mol. The number of rotatable bonds is 11. The normalized spacial score (nSPS) is 15.0. The molecule has 0 fully saturated rings. The molecule has 0 aliphatic heterocycles. The van der Waals surface area contributed by atoms with E-state index in [1.54, 1.807) is 7.11 Å². The Bertz CT molecular complexity index is 146. The van der Waals surface area contributed by atoms with Crippen molar-refractivity contribution in [1.29, 1.82) is 0 Å². The molecule has 16 heavy (non-hydrogen) atoms. The van der Waals surface area contributed by atoms with Crippen LogP contribution in [0.3, 0.4) is 0 Å². The van der Waals surface area contributed by atoms with Crippen molar-refractivity contribution in [2.75, 3.05) is 46.6 Å². The van der Waals surface area contributed by atoms with Crippen molar-refractivity contribution in [3.63, 3.8) is 0 Å². The van der Waals surface area contributed by atoms with Crippen molar-refractivity contribution in [3.05, 3.63) is 0 Å². The average Bonchev–Trinajstić information content (AvgIpc) is 2.25. The third-order valence-electron chi connectivity index (χ3n) is 2.24. The number of hydrogen-bond acceptors (Lipinski definition) is 5. The molecular weight excluding hydrogens is 210 g/mol. The Morgan fingerprint density at radius 2 is 2.00 bits per heavy atom. The maximum absolute atomic E-state index is 9.51. The van der Waals surface area contributed by atoms with Crippen LogP contribution in [0.2, 0.25) is 0 Å². The minimum atomic E-state index is -0.488. The van der Waals surface area contributed by atoms with Gasteiger partial charge in [0.25, 0.3) is 0 Å². The van der Waals surface area contributed by atoms with Crippen LogP contribution < -0.4 is 5.32 Å². The summed E-state index contributed by atoms with van der Waals surface area (Å²) in [6, 6.07) is 0. The van der Waals surface area contributed by atoms with Gasteiger partial charge in [-0.3, -0.25) is 0 Å². The Morgan fingerprint density at radius 1 is 1.25 bits per heavy atom. The van der Waals surface area contributed by atoms with Crippen LogP contribution in [0.4, 0.5) is 0 Å². The largest absolute Gasteiger partial charge is 0.396 e. The van der Waals surface area contributed by atoms with E-state index in [2.05, 4.69) is 12.2 Å². The first-order chi connectivity index (χ1) is 7.70. The molecule has 0 radical (unpaired) electrons. The van der Waals surface area contributed by atoms with Gasteiger partial charge in [0, 0.05) is 20.3 Å². The fourth-order valence-corrected chi connectivity index (χ4v) is 1.24. The molecule has 0 saturated carbocycles. The SMILES string of the molecule is COCCOCC(O)CNCC(C)CCO. The maximum Gasteiger partial charge on any atom is 0.0897 e. The van der Waals surface area contributed by atoms with Gasteiger partial charge in [-0.15, -0.1) is 0 Å². The number of methoxy groups -OCH3 is 1. The van der Waals surface area contributed by atoms with Crippen LogP contribution in [0.5, 0.6) is 0 Å². The Kier molecular flexibility index (Phi) is 11.1. The molecule has 5 heteroatoms. The van der Waals surface area contributed by atoms with E-state index in [9.17, 15) is 5.11 Å². The van der Waals surface area contributed by atoms with Crippen molar-refractivity contribution >= 4 is 0 Å². The third-order valence-corrected chi connectivity index (χ3v) is 2.24. The summed E-state index contributed by atoms with van der Waals surface area (Å²) < 4.78 is 10.0. The van der Waals surface area contributed by atoms with Gasteiger partial charge in [0.2, 0.25) is 0 Å². The zero-order chi connectivity index (χ0) is 12.2. The van der Waals surface area contributed by atoms with E-state index < -0.39 is 6.10 Å². The molecule has 0 saturated heterocycles. The Labute approximate surface area is 97.8 Å². The lowest BCUT2D eigenvalue weighted by Crippen LogP contribution is -2.33. The second-order valence-corrected chi connectivity index (χ2v) is 4.00. The molecule has 98 valence electrons. The van der Waals surface area contributed by atoms with Gasteiger partial charge in [-0.25, -0.2) is 0 Å². The van der Waals surface area contributed by atoms with Crippen LogP contribution in [0.1, 0.15) is 13.3 Å². The standard InChI is InChI=1S/C11H25NO4/c1-10(3-4-13)7-12-8-11(14)9-16-6-5-15-2/h10-14H,3-9H2,1-2H3. The molecule has 0 aliphatic carbocycles. The van der Waals surface area contributed by atoms with E-state index in [4.69, 9.17) is 14.6 Å². The quantitative estimate of drug-likeness (QED) is 0.426. The van der Waals surface area contributed by atoms with Crippen molar-refractivity contribution < 1.29 is 19.7 Å². The number of aliphatic hydroxyl groups is 2. The molecule has 0 aromatic carbocycles. The van der Waals surface area contributed by atoms with Crippen LogP contribution in [0, 0.1) is 5.92 Å². The first-order valence-corrected chi connectivity index (χ1v) is 5.77. The lowest BCUT2D eigenvalue weighted by Gasteiger charge is -2.14. The zero-order valence-electron chi connectivity index (χ0n) is 10.3. The fraction of sp³-hybridized carbons (Fsp3) is 1.00. The molecular formula is C11H25NO4. The number of hydrogen-bond donors (Lipinski definition) is 3. The predicted octanol–water partition coefficient (Wildman–Crippen LogP) is -0.382. The van der Waals surface area contributed by atoms with E-state index in [0.29, 0.717) is 32.3 Å². The minimum absolute atomic E-state index is 0.214. The van der Waals surface area contributed by atoms with Gasteiger partial charge in [-0.2, -0.15) is 0 Å². The highest BCUT2D eigenvalue weighted by Crippen LogP contribution is 1.97. The lowest BCUT2D eigenvalue weighted by atomic mass is 10.1. The van der Waals surface area contributed by atoms with Crippen molar-refractivity contribution in [2.24, 2.45) is 5.92 Å². The topological polar surface area (TPSA) is 71.0 Å². The molecule has 0 rings (SSSR count). The van der Waals surface area contributed by atoms with Crippen molar-refractivity contribution in [1.82, 2.24) is 5.32 Å². The van der Waals surface area contributed by atoms with Gasteiger partial charge in [0.05, 0.1) is 25.9 Å². The summed E-state index contributed by atoms with van der Waals surface area (Å²) in [5, 5.41) is 21.4. The molecule has 0 aromatic rings. The highest BCUT2D eigenvalue weighted by atomic mass is 16.5. The summed E-state index contributed by atoms with van der Waals surface area (Å²) >= 11 is 0. The van der Waals surface area contributed by atoms with E-state index in [-0.39, 0.29) is 6.61 Å². The summed E-state index contributed by atoms with van der Waals surface area (Å²) in [7, 11) is 1.61. The molecule has 5 nitrogen and oxygen atoms in total. The van der Waals surface area contributed by atoms with Gasteiger partial charge in [0.15, 0.2) is 0 Å². The highest BCUT2D eigenvalue weighted by Gasteiger charge is 2.05. The fourth-order valence-electron chi connectivity index (χ4n) is 1.24. The highest BCUT2D eigenvalue weighted by molar-refractivity contribution is 4.61. The Morgan fingerprint density at radius 3 is 2.62 bits per heavy atom. The molecule has 0 aromatic heterocycles. The maximum atomic E-state index is 9.51. The molecule has 0 heterocycles. The summed E-state index contributed by atoms with van der Waals surface area (Å²) in [4.78, 5) is 0. The van der Waals surface area contributed by atoms with Crippen molar-refractivity contribution in [3.8, 4) is 0 Å². The minimum Gasteiger partial charge on any atom is -0.396 e. The second kappa shape index (κ2) is 11.3. The summed E-state index contributed by atoms with van der Waals surface area (Å²) in [5.74, 6) is 0.423. The summed E-state index contributed by atoms with van der Waals surface area (Å²) in [6.45, 7) is 4.97. The summed E-state index contributed by atoms with van der Waals surface area (Å²) in [6.07, 6.45) is 0.297.